The van der Waals surface area contributed by atoms with Crippen molar-refractivity contribution in [1.29, 1.82) is 0 Å². The molecule has 0 radical (unpaired) electrons. The summed E-state index contributed by atoms with van der Waals surface area (Å²) in [5.41, 5.74) is 3.30. The highest BCUT2D eigenvalue weighted by molar-refractivity contribution is 5.76. The number of fused-ring (bicyclic) bond motifs is 1. The van der Waals surface area contributed by atoms with E-state index in [1.54, 1.807) is 0 Å². The van der Waals surface area contributed by atoms with Gasteiger partial charge in [-0.05, 0) is 42.4 Å². The summed E-state index contributed by atoms with van der Waals surface area (Å²) in [6, 6.07) is 6.42. The van der Waals surface area contributed by atoms with Gasteiger partial charge in [0.25, 0.3) is 0 Å². The van der Waals surface area contributed by atoms with Gasteiger partial charge in [0.2, 0.25) is 0 Å². The molecule has 0 saturated carbocycles. The third-order valence-electron chi connectivity index (χ3n) is 3.92. The van der Waals surface area contributed by atoms with E-state index < -0.39 is 11.4 Å². The highest BCUT2D eigenvalue weighted by Gasteiger charge is 2.46. The minimum absolute atomic E-state index is 0.347. The molecular weight excluding hydrogens is 216 g/mol. The highest BCUT2D eigenvalue weighted by Crippen LogP contribution is 2.33. The molecule has 0 atom stereocenters. The van der Waals surface area contributed by atoms with Crippen LogP contribution in [0.3, 0.4) is 0 Å². The van der Waals surface area contributed by atoms with E-state index in [4.69, 9.17) is 4.74 Å². The number of hydrogen-bond acceptors (Lipinski definition) is 2. The normalized spacial score (nSPS) is 20.7. The van der Waals surface area contributed by atoms with Crippen LogP contribution in [-0.2, 0) is 28.8 Å². The Morgan fingerprint density at radius 3 is 2.71 bits per heavy atom. The lowest BCUT2D eigenvalue weighted by atomic mass is 9.79. The van der Waals surface area contributed by atoms with Crippen molar-refractivity contribution in [2.24, 2.45) is 5.41 Å². The number of carboxylic acid groups (broad SMARTS) is 1. The van der Waals surface area contributed by atoms with Gasteiger partial charge in [0, 0.05) is 0 Å². The maximum absolute atomic E-state index is 11.3. The van der Waals surface area contributed by atoms with E-state index in [-0.39, 0.29) is 0 Å². The second kappa shape index (κ2) is 3.84. The molecule has 3 nitrogen and oxygen atoms in total. The Bertz CT molecular complexity index is 461. The molecule has 3 rings (SSSR count). The van der Waals surface area contributed by atoms with Crippen LogP contribution in [0.15, 0.2) is 18.2 Å². The summed E-state index contributed by atoms with van der Waals surface area (Å²) >= 11 is 0. The smallest absolute Gasteiger partial charge is 0.314 e. The summed E-state index contributed by atoms with van der Waals surface area (Å²) in [7, 11) is 0. The zero-order chi connectivity index (χ0) is 11.9. The monoisotopic (exact) mass is 232 g/mol. The molecule has 0 spiro atoms. The molecule has 1 aromatic carbocycles. The number of hydrogen-bond donors (Lipinski definition) is 1. The van der Waals surface area contributed by atoms with Crippen molar-refractivity contribution in [2.45, 2.75) is 25.7 Å². The number of carbonyl (C=O) groups is 1. The van der Waals surface area contributed by atoms with Crippen LogP contribution in [0.1, 0.15) is 23.1 Å². The zero-order valence-electron chi connectivity index (χ0n) is 9.74. The van der Waals surface area contributed by atoms with Crippen molar-refractivity contribution in [2.75, 3.05) is 13.2 Å². The van der Waals surface area contributed by atoms with E-state index in [2.05, 4.69) is 18.2 Å². The average molecular weight is 232 g/mol. The maximum Gasteiger partial charge on any atom is 0.314 e. The summed E-state index contributed by atoms with van der Waals surface area (Å²) in [5.74, 6) is -0.732. The molecule has 0 bridgehead atoms. The number of rotatable bonds is 3. The molecule has 1 aromatic rings. The summed E-state index contributed by atoms with van der Waals surface area (Å²) in [4.78, 5) is 11.3. The van der Waals surface area contributed by atoms with E-state index in [0.717, 1.165) is 12.0 Å². The van der Waals surface area contributed by atoms with Crippen molar-refractivity contribution < 1.29 is 14.6 Å². The van der Waals surface area contributed by atoms with Crippen LogP contribution in [0.4, 0.5) is 0 Å². The molecule has 1 aliphatic heterocycles. The number of aryl methyl sites for hydroxylation is 2. The minimum atomic E-state index is -0.732. The molecule has 1 fully saturated rings. The Labute approximate surface area is 100 Å². The van der Waals surface area contributed by atoms with Gasteiger partial charge in [-0.3, -0.25) is 4.79 Å². The van der Waals surface area contributed by atoms with Crippen LogP contribution in [0.2, 0.25) is 0 Å². The Balaban J connectivity index is 1.83. The van der Waals surface area contributed by atoms with Gasteiger partial charge in [-0.2, -0.15) is 0 Å². The number of aliphatic carboxylic acids is 1. The molecular formula is C14H16O3. The van der Waals surface area contributed by atoms with Gasteiger partial charge in [-0.1, -0.05) is 18.2 Å². The topological polar surface area (TPSA) is 46.5 Å². The van der Waals surface area contributed by atoms with Crippen molar-refractivity contribution in [3.05, 3.63) is 34.9 Å². The molecule has 3 heteroatoms. The van der Waals surface area contributed by atoms with Gasteiger partial charge >= 0.3 is 5.97 Å². The van der Waals surface area contributed by atoms with Gasteiger partial charge in [0.1, 0.15) is 5.41 Å². The SMILES string of the molecule is O=C(O)C1(Cc2ccc3c(c2)CCC3)COC1. The average Bonchev–Trinajstić information content (AvgIpc) is 2.69. The largest absolute Gasteiger partial charge is 0.481 e. The molecule has 17 heavy (non-hydrogen) atoms. The lowest BCUT2D eigenvalue weighted by Gasteiger charge is -2.37. The fraction of sp³-hybridized carbons (Fsp3) is 0.500. The van der Waals surface area contributed by atoms with Crippen molar-refractivity contribution in [3.63, 3.8) is 0 Å². The molecule has 1 aliphatic carbocycles. The minimum Gasteiger partial charge on any atom is -0.481 e. The van der Waals surface area contributed by atoms with E-state index in [1.807, 2.05) is 0 Å². The Hall–Kier alpha value is -1.35. The first-order valence-corrected chi connectivity index (χ1v) is 6.11. The molecule has 0 amide bonds. The van der Waals surface area contributed by atoms with Crippen LogP contribution in [0.25, 0.3) is 0 Å². The Kier molecular flexibility index (Phi) is 2.44. The number of benzene rings is 1. The number of carboxylic acids is 1. The maximum atomic E-state index is 11.3. The van der Waals surface area contributed by atoms with Gasteiger partial charge in [0.15, 0.2) is 0 Å². The van der Waals surface area contributed by atoms with E-state index in [9.17, 15) is 9.90 Å². The molecule has 1 saturated heterocycles. The summed E-state index contributed by atoms with van der Waals surface area (Å²) in [5, 5.41) is 9.26. The quantitative estimate of drug-likeness (QED) is 0.864. The zero-order valence-corrected chi connectivity index (χ0v) is 9.74. The van der Waals surface area contributed by atoms with Crippen LogP contribution in [-0.4, -0.2) is 24.3 Å². The van der Waals surface area contributed by atoms with Gasteiger partial charge in [-0.15, -0.1) is 0 Å². The number of ether oxygens (including phenoxy) is 1. The van der Waals surface area contributed by atoms with Gasteiger partial charge in [0.05, 0.1) is 13.2 Å². The van der Waals surface area contributed by atoms with Crippen LogP contribution in [0.5, 0.6) is 0 Å². The van der Waals surface area contributed by atoms with Crippen LogP contribution in [0, 0.1) is 5.41 Å². The van der Waals surface area contributed by atoms with Crippen LogP contribution < -0.4 is 0 Å². The summed E-state index contributed by atoms with van der Waals surface area (Å²) in [6.45, 7) is 0.693. The fourth-order valence-electron chi connectivity index (χ4n) is 2.78. The van der Waals surface area contributed by atoms with Gasteiger partial charge in [-0.25, -0.2) is 0 Å². The molecule has 90 valence electrons. The summed E-state index contributed by atoms with van der Waals surface area (Å²) < 4.78 is 5.08. The Morgan fingerprint density at radius 1 is 1.29 bits per heavy atom. The van der Waals surface area contributed by atoms with E-state index >= 15 is 0 Å². The highest BCUT2D eigenvalue weighted by atomic mass is 16.5. The van der Waals surface area contributed by atoms with E-state index in [1.165, 1.54) is 24.0 Å². The lowest BCUT2D eigenvalue weighted by Crippen LogP contribution is -2.50. The molecule has 1 heterocycles. The Morgan fingerprint density at radius 2 is 2.06 bits per heavy atom. The third-order valence-corrected chi connectivity index (χ3v) is 3.92. The van der Waals surface area contributed by atoms with Crippen LogP contribution >= 0.6 is 0 Å². The second-order valence-corrected chi connectivity index (χ2v) is 5.21. The molecule has 0 aromatic heterocycles. The first kappa shape index (κ1) is 10.8. The first-order chi connectivity index (χ1) is 8.20. The molecule has 2 aliphatic rings. The second-order valence-electron chi connectivity index (χ2n) is 5.21. The standard InChI is InChI=1S/C14H16O3/c15-13(16)14(8-17-9-14)7-10-4-5-11-2-1-3-12(11)6-10/h4-6H,1-3,7-9H2,(H,15,16). The first-order valence-electron chi connectivity index (χ1n) is 6.11. The third kappa shape index (κ3) is 1.75. The van der Waals surface area contributed by atoms with Gasteiger partial charge < -0.3 is 9.84 Å². The van der Waals surface area contributed by atoms with Crippen molar-refractivity contribution in [1.82, 2.24) is 0 Å². The lowest BCUT2D eigenvalue weighted by molar-refractivity contribution is -0.179. The van der Waals surface area contributed by atoms with E-state index in [0.29, 0.717) is 19.6 Å². The molecule has 0 unspecified atom stereocenters. The predicted octanol–water partition coefficient (Wildman–Crippen LogP) is 1.82. The fourth-order valence-corrected chi connectivity index (χ4v) is 2.78. The summed E-state index contributed by atoms with van der Waals surface area (Å²) in [6.07, 6.45) is 4.13. The molecule has 1 N–H and O–H groups in total. The van der Waals surface area contributed by atoms with Crippen molar-refractivity contribution in [3.8, 4) is 0 Å². The van der Waals surface area contributed by atoms with Crippen molar-refractivity contribution >= 4 is 5.97 Å². The predicted molar refractivity (Wildman–Crippen MR) is 63.1 cm³/mol.